The zero-order chi connectivity index (χ0) is 10.6. The monoisotopic (exact) mass is 214 g/mol. The summed E-state index contributed by atoms with van der Waals surface area (Å²) in [4.78, 5) is 15.1. The molecule has 0 saturated heterocycles. The van der Waals surface area contributed by atoms with Gasteiger partial charge in [-0.25, -0.2) is 0 Å². The molecule has 0 aliphatic rings. The molecule has 0 fully saturated rings. The highest BCUT2D eigenvalue weighted by Crippen LogP contribution is 2.15. The molecule has 0 aliphatic carbocycles. The summed E-state index contributed by atoms with van der Waals surface area (Å²) in [5, 5.41) is 2.23. The minimum atomic E-state index is -0.397. The molecule has 14 heavy (non-hydrogen) atoms. The maximum Gasteiger partial charge on any atom is 0.324 e. The Hall–Kier alpha value is -1.26. The predicted molar refractivity (Wildman–Crippen MR) is 54.8 cm³/mol. The topological polar surface area (TPSA) is 41.6 Å². The minimum absolute atomic E-state index is 0.397. The third-order valence-corrected chi connectivity index (χ3v) is 1.79. The van der Waals surface area contributed by atoms with Crippen molar-refractivity contribution in [3.8, 4) is 0 Å². The first-order valence-electron chi connectivity index (χ1n) is 4.02. The Morgan fingerprint density at radius 2 is 2.00 bits per heavy atom. The molecule has 0 spiro atoms. The number of hydrogen-bond acceptors (Lipinski definition) is 4. The van der Waals surface area contributed by atoms with E-state index in [2.05, 4.69) is 10.4 Å². The van der Waals surface area contributed by atoms with Crippen molar-refractivity contribution >= 4 is 23.3 Å². The van der Waals surface area contributed by atoms with Crippen LogP contribution in [0.25, 0.3) is 0 Å². The summed E-state index contributed by atoms with van der Waals surface area (Å²) >= 11 is 5.72. The van der Waals surface area contributed by atoms with Crippen molar-refractivity contribution < 1.29 is 9.63 Å². The summed E-state index contributed by atoms with van der Waals surface area (Å²) in [6.07, 6.45) is 0. The summed E-state index contributed by atoms with van der Waals surface area (Å²) in [5.41, 5.74) is 3.30. The first kappa shape index (κ1) is 10.8. The summed E-state index contributed by atoms with van der Waals surface area (Å²) < 4.78 is 0. The lowest BCUT2D eigenvalue weighted by Gasteiger charge is -2.18. The van der Waals surface area contributed by atoms with E-state index in [4.69, 9.17) is 11.6 Å². The molecule has 5 heteroatoms. The number of carbonyl (C=O) groups excluding carboxylic acids is 1. The number of nitrogens with zero attached hydrogens (tertiary/aromatic N) is 1. The van der Waals surface area contributed by atoms with Crippen LogP contribution in [-0.2, 0) is 9.63 Å². The highest BCUT2D eigenvalue weighted by Gasteiger charge is 2.00. The van der Waals surface area contributed by atoms with Gasteiger partial charge in [0.2, 0.25) is 0 Å². The second-order valence-electron chi connectivity index (χ2n) is 2.72. The molecule has 0 aromatic heterocycles. The Kier molecular flexibility index (Phi) is 3.73. The Morgan fingerprint density at radius 1 is 1.43 bits per heavy atom. The van der Waals surface area contributed by atoms with Crippen LogP contribution in [0.2, 0.25) is 5.02 Å². The Balaban J connectivity index is 2.56. The van der Waals surface area contributed by atoms with Gasteiger partial charge in [-0.2, -0.15) is 0 Å². The lowest BCUT2D eigenvalue weighted by atomic mass is 10.3. The standard InChI is InChI=1S/C9H11ClN2O2/c1-7(13)14-11-12(2)9-5-3-8(10)4-6-9/h3-6,11H,1-2H3. The normalized spacial score (nSPS) is 9.64. The molecule has 0 bridgehead atoms. The molecule has 4 nitrogen and oxygen atoms in total. The largest absolute Gasteiger partial charge is 0.351 e. The van der Waals surface area contributed by atoms with Crippen LogP contribution in [0.1, 0.15) is 6.92 Å². The smallest absolute Gasteiger partial charge is 0.324 e. The van der Waals surface area contributed by atoms with Gasteiger partial charge in [-0.3, -0.25) is 9.80 Å². The molecule has 0 unspecified atom stereocenters. The minimum Gasteiger partial charge on any atom is -0.351 e. The second-order valence-corrected chi connectivity index (χ2v) is 3.16. The van der Waals surface area contributed by atoms with Crippen LogP contribution >= 0.6 is 11.6 Å². The van der Waals surface area contributed by atoms with Gasteiger partial charge in [0.15, 0.2) is 0 Å². The fraction of sp³-hybridized carbons (Fsp3) is 0.222. The Morgan fingerprint density at radius 3 is 2.50 bits per heavy atom. The maximum absolute atomic E-state index is 10.5. The molecular weight excluding hydrogens is 204 g/mol. The van der Waals surface area contributed by atoms with E-state index >= 15 is 0 Å². The van der Waals surface area contributed by atoms with Gasteiger partial charge in [0.05, 0.1) is 5.69 Å². The van der Waals surface area contributed by atoms with E-state index in [9.17, 15) is 4.79 Å². The summed E-state index contributed by atoms with van der Waals surface area (Å²) in [7, 11) is 1.73. The van der Waals surface area contributed by atoms with Crippen LogP contribution in [0, 0.1) is 0 Å². The fourth-order valence-corrected chi connectivity index (χ4v) is 0.976. The molecule has 1 rings (SSSR count). The summed E-state index contributed by atoms with van der Waals surface area (Å²) in [6.45, 7) is 1.32. The molecule has 1 aromatic rings. The molecule has 0 amide bonds. The number of hydrazine groups is 1. The number of nitrogens with one attached hydrogen (secondary N) is 1. The van der Waals surface area contributed by atoms with Gasteiger partial charge in [-0.15, -0.1) is 0 Å². The van der Waals surface area contributed by atoms with Crippen molar-refractivity contribution in [2.24, 2.45) is 0 Å². The Labute approximate surface area is 87.3 Å². The van der Waals surface area contributed by atoms with Crippen LogP contribution in [0.4, 0.5) is 5.69 Å². The van der Waals surface area contributed by atoms with E-state index in [1.807, 2.05) is 0 Å². The zero-order valence-corrected chi connectivity index (χ0v) is 8.71. The van der Waals surface area contributed by atoms with Gasteiger partial charge in [0.25, 0.3) is 0 Å². The van der Waals surface area contributed by atoms with Crippen molar-refractivity contribution in [3.63, 3.8) is 0 Å². The number of hydrogen-bond donors (Lipinski definition) is 1. The molecule has 0 atom stereocenters. The fourth-order valence-electron chi connectivity index (χ4n) is 0.850. The highest BCUT2D eigenvalue weighted by molar-refractivity contribution is 6.30. The third kappa shape index (κ3) is 3.24. The van der Waals surface area contributed by atoms with Gasteiger partial charge in [-0.1, -0.05) is 17.2 Å². The van der Waals surface area contributed by atoms with Crippen molar-refractivity contribution in [2.45, 2.75) is 6.92 Å². The highest BCUT2D eigenvalue weighted by atomic mass is 35.5. The number of halogens is 1. The third-order valence-electron chi connectivity index (χ3n) is 1.54. The van der Waals surface area contributed by atoms with E-state index in [1.165, 1.54) is 6.92 Å². The number of anilines is 1. The molecule has 0 aliphatic heterocycles. The average molecular weight is 215 g/mol. The number of carbonyl (C=O) groups is 1. The molecule has 0 heterocycles. The van der Waals surface area contributed by atoms with E-state index in [0.717, 1.165) is 5.69 Å². The van der Waals surface area contributed by atoms with Crippen molar-refractivity contribution in [2.75, 3.05) is 12.1 Å². The molecule has 1 N–H and O–H groups in total. The van der Waals surface area contributed by atoms with E-state index < -0.39 is 5.97 Å². The quantitative estimate of drug-likeness (QED) is 0.779. The molecule has 0 saturated carbocycles. The van der Waals surface area contributed by atoms with Crippen LogP contribution in [0.15, 0.2) is 24.3 Å². The van der Waals surface area contributed by atoms with Gasteiger partial charge < -0.3 is 4.84 Å². The Bertz CT molecular complexity index is 313. The van der Waals surface area contributed by atoms with Crippen molar-refractivity contribution in [1.29, 1.82) is 0 Å². The lowest BCUT2D eigenvalue weighted by molar-refractivity contribution is -0.148. The van der Waals surface area contributed by atoms with Gasteiger partial charge in [0, 0.05) is 19.0 Å². The summed E-state index contributed by atoms with van der Waals surface area (Å²) in [5.74, 6) is -0.397. The van der Waals surface area contributed by atoms with E-state index in [0.29, 0.717) is 5.02 Å². The van der Waals surface area contributed by atoms with E-state index in [-0.39, 0.29) is 0 Å². The lowest BCUT2D eigenvalue weighted by Crippen LogP contribution is -2.35. The van der Waals surface area contributed by atoms with Gasteiger partial charge in [0.1, 0.15) is 0 Å². The van der Waals surface area contributed by atoms with Crippen LogP contribution in [-0.4, -0.2) is 13.0 Å². The van der Waals surface area contributed by atoms with Crippen molar-refractivity contribution in [3.05, 3.63) is 29.3 Å². The summed E-state index contributed by atoms with van der Waals surface area (Å²) in [6, 6.07) is 7.11. The van der Waals surface area contributed by atoms with Crippen LogP contribution < -0.4 is 10.6 Å². The first-order chi connectivity index (χ1) is 6.59. The molecule has 76 valence electrons. The average Bonchev–Trinajstić information content (AvgIpc) is 2.15. The SMILES string of the molecule is CC(=O)ONN(C)c1ccc(Cl)cc1. The number of rotatable bonds is 3. The molecular formula is C9H11ClN2O2. The van der Waals surface area contributed by atoms with Crippen molar-refractivity contribution in [1.82, 2.24) is 5.59 Å². The zero-order valence-electron chi connectivity index (χ0n) is 7.95. The van der Waals surface area contributed by atoms with E-state index in [1.54, 1.807) is 36.3 Å². The molecule has 0 radical (unpaired) electrons. The van der Waals surface area contributed by atoms with Gasteiger partial charge >= 0.3 is 5.97 Å². The second kappa shape index (κ2) is 4.83. The van der Waals surface area contributed by atoms with Crippen LogP contribution in [0.3, 0.4) is 0 Å². The van der Waals surface area contributed by atoms with Gasteiger partial charge in [-0.05, 0) is 24.3 Å². The van der Waals surface area contributed by atoms with Crippen LogP contribution in [0.5, 0.6) is 0 Å². The maximum atomic E-state index is 10.5. The number of benzene rings is 1. The molecule has 1 aromatic carbocycles. The first-order valence-corrected chi connectivity index (χ1v) is 4.40. The predicted octanol–water partition coefficient (Wildman–Crippen LogP) is 1.76.